The molecule has 0 aliphatic carbocycles. The van der Waals surface area contributed by atoms with E-state index in [1.54, 1.807) is 0 Å². The Morgan fingerprint density at radius 2 is 1.94 bits per heavy atom. The summed E-state index contributed by atoms with van der Waals surface area (Å²) in [6, 6.07) is 2.88. The van der Waals surface area contributed by atoms with Gasteiger partial charge in [-0.05, 0) is 5.56 Å². The first-order chi connectivity index (χ1) is 6.97. The number of benzene rings is 1. The van der Waals surface area contributed by atoms with Gasteiger partial charge in [0.05, 0.1) is 0 Å². The molecule has 1 heterocycles. The molecule has 80 valence electrons. The maximum absolute atomic E-state index is 12.4. The zero-order valence-electron chi connectivity index (χ0n) is 8.56. The van der Waals surface area contributed by atoms with E-state index in [2.05, 4.69) is 10.6 Å². The molecule has 1 aliphatic rings. The second-order valence-electron chi connectivity index (χ2n) is 3.30. The molecule has 8 heteroatoms. The molecular formula is C8H7BF3KN2O. The maximum Gasteiger partial charge on any atom is 1.00 e. The molecule has 0 spiro atoms. The minimum Gasteiger partial charge on any atom is -0.445 e. The molecule has 2 amide bonds. The van der Waals surface area contributed by atoms with Crippen molar-refractivity contribution in [1.29, 1.82) is 0 Å². The summed E-state index contributed by atoms with van der Waals surface area (Å²) in [5.41, 5.74) is 0.185. The van der Waals surface area contributed by atoms with Gasteiger partial charge in [-0.1, -0.05) is 18.2 Å². The fourth-order valence-electron chi connectivity index (χ4n) is 1.41. The molecule has 0 atom stereocenters. The van der Waals surface area contributed by atoms with Crippen molar-refractivity contribution in [3.05, 3.63) is 23.8 Å². The summed E-state index contributed by atoms with van der Waals surface area (Å²) in [6.07, 6.45) is 0. The number of anilines is 1. The molecule has 1 aromatic rings. The van der Waals surface area contributed by atoms with E-state index in [9.17, 15) is 17.7 Å². The Kier molecular flexibility index (Phi) is 4.47. The number of halogens is 3. The number of hydrogen-bond acceptors (Lipinski definition) is 1. The summed E-state index contributed by atoms with van der Waals surface area (Å²) >= 11 is 0. The largest absolute Gasteiger partial charge is 1.00 e. The van der Waals surface area contributed by atoms with E-state index < -0.39 is 18.5 Å². The molecular weight excluding hydrogens is 247 g/mol. The van der Waals surface area contributed by atoms with Crippen LogP contribution in [0.3, 0.4) is 0 Å². The number of carbonyl (C=O) groups is 1. The Labute approximate surface area is 133 Å². The monoisotopic (exact) mass is 254 g/mol. The topological polar surface area (TPSA) is 41.1 Å². The van der Waals surface area contributed by atoms with Gasteiger partial charge in [0.25, 0.3) is 0 Å². The Balaban J connectivity index is 0.00000128. The van der Waals surface area contributed by atoms with Gasteiger partial charge in [-0.15, -0.1) is 5.46 Å². The third kappa shape index (κ3) is 3.01. The maximum atomic E-state index is 12.4. The van der Waals surface area contributed by atoms with Gasteiger partial charge < -0.3 is 23.6 Å². The van der Waals surface area contributed by atoms with Crippen LogP contribution in [0.5, 0.6) is 0 Å². The van der Waals surface area contributed by atoms with E-state index in [-0.39, 0.29) is 63.6 Å². The van der Waals surface area contributed by atoms with Gasteiger partial charge in [-0.3, -0.25) is 0 Å². The van der Waals surface area contributed by atoms with E-state index >= 15 is 0 Å². The van der Waals surface area contributed by atoms with Crippen LogP contribution >= 0.6 is 0 Å². The number of fused-ring (bicyclic) bond motifs is 1. The predicted octanol–water partition coefficient (Wildman–Crippen LogP) is -1.62. The van der Waals surface area contributed by atoms with Crippen LogP contribution in [-0.2, 0) is 6.54 Å². The first-order valence-electron chi connectivity index (χ1n) is 4.34. The molecule has 0 aromatic heterocycles. The quantitative estimate of drug-likeness (QED) is 0.581. The van der Waals surface area contributed by atoms with Crippen LogP contribution in [-0.4, -0.2) is 13.0 Å². The third-order valence-electron chi connectivity index (χ3n) is 2.20. The number of amides is 2. The number of carbonyl (C=O) groups excluding carboxylic acids is 1. The van der Waals surface area contributed by atoms with Gasteiger partial charge in [0.15, 0.2) is 0 Å². The Hall–Kier alpha value is -0.0187. The zero-order chi connectivity index (χ0) is 11.1. The second-order valence-corrected chi connectivity index (χ2v) is 3.30. The molecule has 2 N–H and O–H groups in total. The minimum absolute atomic E-state index is 0. The molecule has 0 saturated carbocycles. The van der Waals surface area contributed by atoms with Crippen molar-refractivity contribution in [2.45, 2.75) is 6.54 Å². The first-order valence-corrected chi connectivity index (χ1v) is 4.34. The molecule has 2 rings (SSSR count). The minimum atomic E-state index is -5.02. The standard InChI is InChI=1S/C8H7BF3N2O.K/c10-9(11,12)6-2-1-5-4-13-8(15)14-7(5)3-6;/h1-3H,4H2,(H2,13,14,15);/q-1;+1. The molecule has 1 aromatic carbocycles. The smallest absolute Gasteiger partial charge is 0.445 e. The third-order valence-corrected chi connectivity index (χ3v) is 2.20. The number of nitrogens with one attached hydrogen (secondary N) is 2. The van der Waals surface area contributed by atoms with Gasteiger partial charge >= 0.3 is 64.4 Å². The summed E-state index contributed by atoms with van der Waals surface area (Å²) < 4.78 is 37.2. The molecule has 0 radical (unpaired) electrons. The van der Waals surface area contributed by atoms with Crippen LogP contribution in [0, 0.1) is 0 Å². The van der Waals surface area contributed by atoms with Crippen LogP contribution in [0.15, 0.2) is 18.2 Å². The number of urea groups is 1. The van der Waals surface area contributed by atoms with E-state index in [4.69, 9.17) is 0 Å². The van der Waals surface area contributed by atoms with Crippen molar-refractivity contribution in [3.8, 4) is 0 Å². The van der Waals surface area contributed by atoms with E-state index in [0.29, 0.717) is 5.56 Å². The van der Waals surface area contributed by atoms with E-state index in [0.717, 1.165) is 12.1 Å². The van der Waals surface area contributed by atoms with Crippen molar-refractivity contribution in [1.82, 2.24) is 5.32 Å². The van der Waals surface area contributed by atoms with Crippen molar-refractivity contribution >= 4 is 24.2 Å². The van der Waals surface area contributed by atoms with E-state index in [1.165, 1.54) is 6.07 Å². The summed E-state index contributed by atoms with van der Waals surface area (Å²) in [7, 11) is 0. The second kappa shape index (κ2) is 5.09. The number of rotatable bonds is 1. The van der Waals surface area contributed by atoms with Crippen LogP contribution < -0.4 is 67.5 Å². The van der Waals surface area contributed by atoms with Gasteiger partial charge in [-0.2, -0.15) is 0 Å². The van der Waals surface area contributed by atoms with Crippen LogP contribution in [0.1, 0.15) is 5.56 Å². The van der Waals surface area contributed by atoms with Gasteiger partial charge in [0, 0.05) is 12.2 Å². The average Bonchev–Trinajstić information content (AvgIpc) is 2.15. The summed E-state index contributed by atoms with van der Waals surface area (Å²) in [5.74, 6) is 0. The normalized spacial score (nSPS) is 14.3. The molecule has 16 heavy (non-hydrogen) atoms. The summed E-state index contributed by atoms with van der Waals surface area (Å²) in [4.78, 5) is 10.9. The SMILES string of the molecule is O=C1NCc2ccc([B-](F)(F)F)cc2N1.[K+]. The van der Waals surface area contributed by atoms with Gasteiger partial charge in [0.2, 0.25) is 0 Å². The fraction of sp³-hybridized carbons (Fsp3) is 0.125. The van der Waals surface area contributed by atoms with Crippen LogP contribution in [0.2, 0.25) is 0 Å². The predicted molar refractivity (Wildman–Crippen MR) is 51.0 cm³/mol. The van der Waals surface area contributed by atoms with Crippen molar-refractivity contribution < 1.29 is 69.1 Å². The van der Waals surface area contributed by atoms with Crippen LogP contribution in [0.4, 0.5) is 23.4 Å². The Morgan fingerprint density at radius 1 is 1.25 bits per heavy atom. The Bertz CT molecular complexity index is 424. The van der Waals surface area contributed by atoms with E-state index in [1.807, 2.05) is 0 Å². The first kappa shape index (κ1) is 14.0. The van der Waals surface area contributed by atoms with Gasteiger partial charge in [-0.25, -0.2) is 4.79 Å². The molecule has 1 aliphatic heterocycles. The Morgan fingerprint density at radius 3 is 2.56 bits per heavy atom. The molecule has 0 bridgehead atoms. The molecule has 0 unspecified atom stereocenters. The van der Waals surface area contributed by atoms with Crippen LogP contribution in [0.25, 0.3) is 0 Å². The van der Waals surface area contributed by atoms with Gasteiger partial charge in [0.1, 0.15) is 0 Å². The summed E-state index contributed by atoms with van der Waals surface area (Å²) in [6.45, 7) is -4.76. The molecule has 3 nitrogen and oxygen atoms in total. The number of hydrogen-bond donors (Lipinski definition) is 2. The molecule has 0 saturated heterocycles. The average molecular weight is 254 g/mol. The zero-order valence-corrected chi connectivity index (χ0v) is 11.7. The van der Waals surface area contributed by atoms with Crippen molar-refractivity contribution in [2.24, 2.45) is 0 Å². The fourth-order valence-corrected chi connectivity index (χ4v) is 1.41. The van der Waals surface area contributed by atoms with Crippen molar-refractivity contribution in [3.63, 3.8) is 0 Å². The summed E-state index contributed by atoms with van der Waals surface area (Å²) in [5, 5.41) is 4.80. The molecule has 0 fully saturated rings. The van der Waals surface area contributed by atoms with Crippen molar-refractivity contribution in [2.75, 3.05) is 5.32 Å².